The molecule has 1 heterocycles. The Morgan fingerprint density at radius 2 is 1.05 bits per heavy atom. The Labute approximate surface area is 253 Å². The molecule has 0 unspecified atom stereocenters. The number of hydrogen-bond acceptors (Lipinski definition) is 2. The molecule has 2 nitrogen and oxygen atoms in total. The molecule has 0 spiro atoms. The standard InChI is InChI=1S/C41H35NO/c1-2-11-27-41(26-10-1,32-14-4-3-5-15-32)33-19-22-34(23-20-33)42(35-21-18-30-12-6-7-13-31(30)28-35)36-24-25-38-37-16-8-9-17-39(37)43-40(38)29-36/h3-9,12-25,28-29H,1-2,10-11,26-27H2. The van der Waals surface area contributed by atoms with Gasteiger partial charge < -0.3 is 9.32 Å². The Kier molecular flexibility index (Phi) is 6.48. The van der Waals surface area contributed by atoms with Gasteiger partial charge in [-0.15, -0.1) is 0 Å². The lowest BCUT2D eigenvalue weighted by Gasteiger charge is -2.35. The van der Waals surface area contributed by atoms with Crippen molar-refractivity contribution in [1.29, 1.82) is 0 Å². The van der Waals surface area contributed by atoms with Crippen LogP contribution in [0, 0.1) is 0 Å². The molecule has 1 aliphatic carbocycles. The first kappa shape index (κ1) is 25.9. The van der Waals surface area contributed by atoms with E-state index in [9.17, 15) is 0 Å². The molecule has 1 aromatic heterocycles. The van der Waals surface area contributed by atoms with E-state index in [4.69, 9.17) is 4.42 Å². The molecule has 210 valence electrons. The highest BCUT2D eigenvalue weighted by Crippen LogP contribution is 2.45. The highest BCUT2D eigenvalue weighted by atomic mass is 16.3. The molecule has 7 aromatic rings. The Hall–Kier alpha value is -4.82. The van der Waals surface area contributed by atoms with Crippen molar-refractivity contribution in [1.82, 2.24) is 0 Å². The van der Waals surface area contributed by atoms with Gasteiger partial charge in [-0.05, 0) is 77.2 Å². The zero-order valence-electron chi connectivity index (χ0n) is 24.4. The van der Waals surface area contributed by atoms with Crippen LogP contribution in [0.2, 0.25) is 0 Å². The van der Waals surface area contributed by atoms with Crippen LogP contribution in [0.3, 0.4) is 0 Å². The molecular weight excluding hydrogens is 522 g/mol. The second-order valence-electron chi connectivity index (χ2n) is 12.1. The van der Waals surface area contributed by atoms with Crippen LogP contribution in [-0.4, -0.2) is 0 Å². The summed E-state index contributed by atoms with van der Waals surface area (Å²) in [4.78, 5) is 2.37. The molecule has 1 aliphatic rings. The molecule has 6 aromatic carbocycles. The number of hydrogen-bond donors (Lipinski definition) is 0. The summed E-state index contributed by atoms with van der Waals surface area (Å²) >= 11 is 0. The van der Waals surface area contributed by atoms with Crippen LogP contribution in [-0.2, 0) is 5.41 Å². The number of benzene rings is 6. The molecular formula is C41H35NO. The normalized spacial score (nSPS) is 15.1. The number of para-hydroxylation sites is 1. The minimum Gasteiger partial charge on any atom is -0.456 e. The Morgan fingerprint density at radius 1 is 0.442 bits per heavy atom. The molecule has 0 radical (unpaired) electrons. The largest absolute Gasteiger partial charge is 0.456 e. The van der Waals surface area contributed by atoms with E-state index >= 15 is 0 Å². The minimum atomic E-state index is 0.0667. The molecule has 0 saturated heterocycles. The summed E-state index contributed by atoms with van der Waals surface area (Å²) in [6.45, 7) is 0. The highest BCUT2D eigenvalue weighted by Gasteiger charge is 2.34. The van der Waals surface area contributed by atoms with Gasteiger partial charge >= 0.3 is 0 Å². The lowest BCUT2D eigenvalue weighted by atomic mass is 9.69. The number of anilines is 3. The van der Waals surface area contributed by atoms with Gasteiger partial charge in [0.1, 0.15) is 11.2 Å². The third-order valence-corrected chi connectivity index (χ3v) is 9.57. The van der Waals surface area contributed by atoms with Crippen molar-refractivity contribution in [3.63, 3.8) is 0 Å². The molecule has 0 amide bonds. The van der Waals surface area contributed by atoms with E-state index in [1.54, 1.807) is 0 Å². The van der Waals surface area contributed by atoms with Gasteiger partial charge in [0.25, 0.3) is 0 Å². The van der Waals surface area contributed by atoms with E-state index in [1.165, 1.54) is 60.4 Å². The number of nitrogens with zero attached hydrogens (tertiary/aromatic N) is 1. The van der Waals surface area contributed by atoms with E-state index in [0.29, 0.717) is 0 Å². The zero-order valence-corrected chi connectivity index (χ0v) is 24.4. The second-order valence-corrected chi connectivity index (χ2v) is 12.1. The molecule has 1 fully saturated rings. The van der Waals surface area contributed by atoms with Gasteiger partial charge in [-0.25, -0.2) is 0 Å². The number of furan rings is 1. The van der Waals surface area contributed by atoms with Gasteiger partial charge in [0, 0.05) is 39.3 Å². The zero-order chi connectivity index (χ0) is 28.6. The summed E-state index contributed by atoms with van der Waals surface area (Å²) in [5, 5.41) is 4.77. The van der Waals surface area contributed by atoms with Gasteiger partial charge in [0.15, 0.2) is 0 Å². The van der Waals surface area contributed by atoms with Crippen LogP contribution >= 0.6 is 0 Å². The maximum Gasteiger partial charge on any atom is 0.137 e. The maximum atomic E-state index is 6.33. The van der Waals surface area contributed by atoms with Crippen molar-refractivity contribution in [2.75, 3.05) is 4.90 Å². The molecule has 1 saturated carbocycles. The summed E-state index contributed by atoms with van der Waals surface area (Å²) in [6.07, 6.45) is 7.61. The summed E-state index contributed by atoms with van der Waals surface area (Å²) < 4.78 is 6.33. The van der Waals surface area contributed by atoms with Crippen molar-refractivity contribution in [2.24, 2.45) is 0 Å². The van der Waals surface area contributed by atoms with E-state index < -0.39 is 0 Å². The fourth-order valence-corrected chi connectivity index (χ4v) is 7.38. The Balaban J connectivity index is 1.27. The average Bonchev–Trinajstić information content (AvgIpc) is 3.25. The summed E-state index contributed by atoms with van der Waals surface area (Å²) in [7, 11) is 0. The lowest BCUT2D eigenvalue weighted by Crippen LogP contribution is -2.27. The topological polar surface area (TPSA) is 16.4 Å². The van der Waals surface area contributed by atoms with Crippen molar-refractivity contribution in [3.8, 4) is 0 Å². The predicted molar refractivity (Wildman–Crippen MR) is 181 cm³/mol. The maximum absolute atomic E-state index is 6.33. The van der Waals surface area contributed by atoms with Crippen LogP contribution in [0.4, 0.5) is 17.1 Å². The van der Waals surface area contributed by atoms with Crippen LogP contribution in [0.5, 0.6) is 0 Å². The summed E-state index contributed by atoms with van der Waals surface area (Å²) in [5.74, 6) is 0. The van der Waals surface area contributed by atoms with Crippen molar-refractivity contribution < 1.29 is 4.42 Å². The van der Waals surface area contributed by atoms with E-state index in [0.717, 1.165) is 39.0 Å². The molecule has 0 N–H and O–H groups in total. The first-order chi connectivity index (χ1) is 21.3. The number of rotatable bonds is 5. The first-order valence-electron chi connectivity index (χ1n) is 15.6. The highest BCUT2D eigenvalue weighted by molar-refractivity contribution is 6.06. The van der Waals surface area contributed by atoms with Gasteiger partial charge in [-0.1, -0.05) is 117 Å². The average molecular weight is 558 g/mol. The quantitative estimate of drug-likeness (QED) is 0.196. The molecule has 8 rings (SSSR count). The third-order valence-electron chi connectivity index (χ3n) is 9.57. The second kappa shape index (κ2) is 10.8. The van der Waals surface area contributed by atoms with Crippen molar-refractivity contribution in [3.05, 3.63) is 151 Å². The molecule has 0 atom stereocenters. The fraction of sp³-hybridized carbons (Fsp3) is 0.171. The van der Waals surface area contributed by atoms with Crippen molar-refractivity contribution >= 4 is 49.8 Å². The minimum absolute atomic E-state index is 0.0667. The SMILES string of the molecule is c1ccc(C2(c3ccc(N(c4ccc5ccccc5c4)c4ccc5c(c4)oc4ccccc45)cc3)CCCCCC2)cc1. The monoisotopic (exact) mass is 557 g/mol. The number of fused-ring (bicyclic) bond motifs is 4. The van der Waals surface area contributed by atoms with Crippen LogP contribution < -0.4 is 4.90 Å². The van der Waals surface area contributed by atoms with Crippen molar-refractivity contribution in [2.45, 2.75) is 43.9 Å². The van der Waals surface area contributed by atoms with Gasteiger partial charge in [0.05, 0.1) is 0 Å². The summed E-state index contributed by atoms with van der Waals surface area (Å²) in [6, 6.07) is 50.9. The van der Waals surface area contributed by atoms with Crippen LogP contribution in [0.15, 0.2) is 144 Å². The first-order valence-corrected chi connectivity index (χ1v) is 15.6. The molecule has 0 bridgehead atoms. The van der Waals surface area contributed by atoms with E-state index in [1.807, 2.05) is 12.1 Å². The van der Waals surface area contributed by atoms with Gasteiger partial charge in [0.2, 0.25) is 0 Å². The third kappa shape index (κ3) is 4.58. The van der Waals surface area contributed by atoms with E-state index in [-0.39, 0.29) is 5.41 Å². The molecule has 0 aliphatic heterocycles. The summed E-state index contributed by atoms with van der Waals surface area (Å²) in [5.41, 5.74) is 8.13. The smallest absolute Gasteiger partial charge is 0.137 e. The van der Waals surface area contributed by atoms with Gasteiger partial charge in [-0.2, -0.15) is 0 Å². The predicted octanol–water partition coefficient (Wildman–Crippen LogP) is 11.8. The van der Waals surface area contributed by atoms with Crippen LogP contribution in [0.25, 0.3) is 32.7 Å². The van der Waals surface area contributed by atoms with Crippen LogP contribution in [0.1, 0.15) is 49.7 Å². The Morgan fingerprint density at radius 3 is 1.86 bits per heavy atom. The van der Waals surface area contributed by atoms with E-state index in [2.05, 4.69) is 132 Å². The Bertz CT molecular complexity index is 2030. The van der Waals surface area contributed by atoms with Gasteiger partial charge in [-0.3, -0.25) is 0 Å². The fourth-order valence-electron chi connectivity index (χ4n) is 7.38. The molecule has 43 heavy (non-hydrogen) atoms. The lowest BCUT2D eigenvalue weighted by molar-refractivity contribution is 0.446. The molecule has 2 heteroatoms.